The summed E-state index contributed by atoms with van der Waals surface area (Å²) in [7, 11) is 0. The normalized spacial score (nSPS) is 12.3. The summed E-state index contributed by atoms with van der Waals surface area (Å²) in [4.78, 5) is 15.5. The number of carbonyl (C=O) groups excluding carboxylic acids is 1. The van der Waals surface area contributed by atoms with Crippen molar-refractivity contribution in [3.05, 3.63) is 44.3 Å². The van der Waals surface area contributed by atoms with Gasteiger partial charge in [0.2, 0.25) is 0 Å². The quantitative estimate of drug-likeness (QED) is 0.829. The van der Waals surface area contributed by atoms with Crippen molar-refractivity contribution >= 4 is 28.6 Å². The summed E-state index contributed by atoms with van der Waals surface area (Å²) >= 11 is 3.31. The monoisotopic (exact) mass is 295 g/mol. The highest BCUT2D eigenvalue weighted by molar-refractivity contribution is 7.12. The third-order valence-corrected chi connectivity index (χ3v) is 4.57. The Morgan fingerprint density at radius 1 is 1.42 bits per heavy atom. The Balaban J connectivity index is 2.07. The molecule has 2 rings (SSSR count). The van der Waals surface area contributed by atoms with Crippen LogP contribution >= 0.6 is 22.7 Å². The minimum atomic E-state index is -0.374. The third kappa shape index (κ3) is 3.89. The molecule has 2 heterocycles. The molecule has 19 heavy (non-hydrogen) atoms. The van der Waals surface area contributed by atoms with Crippen LogP contribution in [-0.4, -0.2) is 12.6 Å². The van der Waals surface area contributed by atoms with E-state index in [0.717, 1.165) is 4.88 Å². The Labute approximate surface area is 121 Å². The first-order valence-electron chi connectivity index (χ1n) is 6.19. The molecule has 0 radical (unpaired) electrons. The zero-order valence-electron chi connectivity index (χ0n) is 11.0. The lowest BCUT2D eigenvalue weighted by molar-refractivity contribution is -0.145. The number of hydrogen-bond acceptors (Lipinski definition) is 5. The Bertz CT molecular complexity index is 519. The molecule has 1 unspecified atom stereocenters. The summed E-state index contributed by atoms with van der Waals surface area (Å²) < 4.78 is 5.15. The van der Waals surface area contributed by atoms with Crippen molar-refractivity contribution in [3.8, 4) is 0 Å². The second-order valence-electron chi connectivity index (χ2n) is 4.09. The highest BCUT2D eigenvalue weighted by Gasteiger charge is 2.22. The van der Waals surface area contributed by atoms with E-state index in [4.69, 9.17) is 4.74 Å². The van der Waals surface area contributed by atoms with Gasteiger partial charge in [0.1, 0.15) is 6.04 Å². The van der Waals surface area contributed by atoms with Crippen molar-refractivity contribution in [1.82, 2.24) is 5.32 Å². The number of esters is 1. The van der Waals surface area contributed by atoms with Crippen molar-refractivity contribution in [3.63, 3.8) is 0 Å². The van der Waals surface area contributed by atoms with Crippen LogP contribution in [0.4, 0.5) is 0 Å². The number of thiophene rings is 2. The lowest BCUT2D eigenvalue weighted by atomic mass is 10.2. The fraction of sp³-hybridized carbons (Fsp3) is 0.357. The van der Waals surface area contributed by atoms with E-state index in [0.29, 0.717) is 13.2 Å². The number of aryl methyl sites for hydroxylation is 1. The smallest absolute Gasteiger partial charge is 0.328 e. The van der Waals surface area contributed by atoms with Gasteiger partial charge in [-0.05, 0) is 37.4 Å². The molecular weight excluding hydrogens is 278 g/mol. The molecular formula is C14H17NO2S2. The Hall–Kier alpha value is -1.17. The summed E-state index contributed by atoms with van der Waals surface area (Å²) in [5, 5.41) is 5.32. The van der Waals surface area contributed by atoms with Crippen LogP contribution in [0.25, 0.3) is 0 Å². The van der Waals surface area contributed by atoms with Gasteiger partial charge in [0, 0.05) is 21.2 Å². The van der Waals surface area contributed by atoms with Crippen molar-refractivity contribution in [1.29, 1.82) is 0 Å². The molecule has 0 aliphatic heterocycles. The zero-order valence-corrected chi connectivity index (χ0v) is 12.6. The van der Waals surface area contributed by atoms with Crippen LogP contribution in [0.5, 0.6) is 0 Å². The number of rotatable bonds is 6. The third-order valence-electron chi connectivity index (χ3n) is 2.63. The molecule has 5 heteroatoms. The van der Waals surface area contributed by atoms with Crippen LogP contribution in [0.1, 0.15) is 27.6 Å². The maximum absolute atomic E-state index is 12.0. The molecule has 3 nitrogen and oxygen atoms in total. The summed E-state index contributed by atoms with van der Waals surface area (Å²) in [5.41, 5.74) is 0. The van der Waals surface area contributed by atoms with Gasteiger partial charge in [-0.15, -0.1) is 22.7 Å². The Morgan fingerprint density at radius 2 is 2.26 bits per heavy atom. The van der Waals surface area contributed by atoms with Crippen LogP contribution in [0.3, 0.4) is 0 Å². The Kier molecular flexibility index (Phi) is 5.13. The first kappa shape index (κ1) is 14.2. The highest BCUT2D eigenvalue weighted by Crippen LogP contribution is 2.24. The molecule has 1 atom stereocenters. The van der Waals surface area contributed by atoms with E-state index in [-0.39, 0.29) is 12.0 Å². The molecule has 0 saturated heterocycles. The molecule has 0 amide bonds. The van der Waals surface area contributed by atoms with Gasteiger partial charge >= 0.3 is 5.97 Å². The zero-order chi connectivity index (χ0) is 13.7. The van der Waals surface area contributed by atoms with Crippen molar-refractivity contribution in [2.45, 2.75) is 26.4 Å². The molecule has 102 valence electrons. The van der Waals surface area contributed by atoms with Crippen molar-refractivity contribution in [2.24, 2.45) is 0 Å². The SMILES string of the molecule is CCOC(=O)C(NCc1cccs1)c1ccc(C)s1. The van der Waals surface area contributed by atoms with E-state index in [9.17, 15) is 4.79 Å². The van der Waals surface area contributed by atoms with Crippen LogP contribution < -0.4 is 5.32 Å². The number of nitrogens with one attached hydrogen (secondary N) is 1. The highest BCUT2D eigenvalue weighted by atomic mass is 32.1. The summed E-state index contributed by atoms with van der Waals surface area (Å²) in [6, 6.07) is 7.71. The molecule has 0 bridgehead atoms. The molecule has 1 N–H and O–H groups in total. The Morgan fingerprint density at radius 3 is 2.84 bits per heavy atom. The van der Waals surface area contributed by atoms with Gasteiger partial charge in [-0.1, -0.05) is 6.07 Å². The van der Waals surface area contributed by atoms with Crippen LogP contribution in [-0.2, 0) is 16.1 Å². The standard InChI is InChI=1S/C14H17NO2S2/c1-3-17-14(16)13(12-7-6-10(2)19-12)15-9-11-5-4-8-18-11/h4-8,13,15H,3,9H2,1-2H3. The summed E-state index contributed by atoms with van der Waals surface area (Å²) in [6.07, 6.45) is 0. The molecule has 0 aliphatic carbocycles. The van der Waals surface area contributed by atoms with E-state index >= 15 is 0 Å². The largest absolute Gasteiger partial charge is 0.465 e. The van der Waals surface area contributed by atoms with Crippen LogP contribution in [0.15, 0.2) is 29.6 Å². The summed E-state index contributed by atoms with van der Waals surface area (Å²) in [6.45, 7) is 4.95. The second-order valence-corrected chi connectivity index (χ2v) is 6.45. The number of carbonyl (C=O) groups is 1. The van der Waals surface area contributed by atoms with Gasteiger partial charge in [0.05, 0.1) is 6.61 Å². The molecule has 0 fully saturated rings. The topological polar surface area (TPSA) is 38.3 Å². The lowest BCUT2D eigenvalue weighted by Crippen LogP contribution is -2.29. The molecule has 2 aromatic heterocycles. The van der Waals surface area contributed by atoms with E-state index in [1.54, 1.807) is 22.7 Å². The fourth-order valence-electron chi connectivity index (χ4n) is 1.75. The van der Waals surface area contributed by atoms with E-state index in [2.05, 4.69) is 11.4 Å². The molecule has 0 aliphatic rings. The van der Waals surface area contributed by atoms with E-state index in [1.165, 1.54) is 9.75 Å². The van der Waals surface area contributed by atoms with Crippen molar-refractivity contribution in [2.75, 3.05) is 6.61 Å². The number of ether oxygens (including phenoxy) is 1. The molecule has 2 aromatic rings. The van der Waals surface area contributed by atoms with Crippen LogP contribution in [0, 0.1) is 6.92 Å². The minimum absolute atomic E-state index is 0.207. The molecule has 0 aromatic carbocycles. The predicted molar refractivity (Wildman–Crippen MR) is 79.6 cm³/mol. The van der Waals surface area contributed by atoms with Gasteiger partial charge < -0.3 is 4.74 Å². The van der Waals surface area contributed by atoms with Gasteiger partial charge in [-0.2, -0.15) is 0 Å². The van der Waals surface area contributed by atoms with E-state index < -0.39 is 0 Å². The van der Waals surface area contributed by atoms with E-state index in [1.807, 2.05) is 37.4 Å². The average Bonchev–Trinajstić information content (AvgIpc) is 3.02. The van der Waals surface area contributed by atoms with Crippen molar-refractivity contribution < 1.29 is 9.53 Å². The van der Waals surface area contributed by atoms with Crippen LogP contribution in [0.2, 0.25) is 0 Å². The predicted octanol–water partition coefficient (Wildman–Crippen LogP) is 3.51. The molecule has 0 saturated carbocycles. The summed E-state index contributed by atoms with van der Waals surface area (Å²) in [5.74, 6) is -0.207. The van der Waals surface area contributed by atoms with Gasteiger partial charge in [-0.25, -0.2) is 4.79 Å². The maximum atomic E-state index is 12.0. The van der Waals surface area contributed by atoms with Gasteiger partial charge in [0.25, 0.3) is 0 Å². The fourth-order valence-corrected chi connectivity index (χ4v) is 3.35. The average molecular weight is 295 g/mol. The lowest BCUT2D eigenvalue weighted by Gasteiger charge is -2.15. The maximum Gasteiger partial charge on any atom is 0.328 e. The second kappa shape index (κ2) is 6.84. The minimum Gasteiger partial charge on any atom is -0.465 e. The van der Waals surface area contributed by atoms with Gasteiger partial charge in [-0.3, -0.25) is 5.32 Å². The first-order chi connectivity index (χ1) is 9.20. The number of hydrogen-bond donors (Lipinski definition) is 1. The first-order valence-corrected chi connectivity index (χ1v) is 7.89. The van der Waals surface area contributed by atoms with Gasteiger partial charge in [0.15, 0.2) is 0 Å². The molecule has 0 spiro atoms.